The van der Waals surface area contributed by atoms with Crippen LogP contribution in [0.3, 0.4) is 0 Å². The lowest BCUT2D eigenvalue weighted by molar-refractivity contribution is 0.0526. The molecule has 7 heteroatoms. The first kappa shape index (κ1) is 17.9. The molecule has 1 saturated heterocycles. The highest BCUT2D eigenvalue weighted by molar-refractivity contribution is 5.89. The standard InChI is InChI=1S/C20H27N5O2/c1-2-27-20(26)15-9-10-17(21-13-15)24-11-6-7-16(14-24)19-23-22-18-8-4-3-5-12-25(18)19/h9-10,13,16H,2-8,11-12,14H2,1H3. The smallest absolute Gasteiger partial charge is 0.339 e. The zero-order valence-corrected chi connectivity index (χ0v) is 15.9. The number of fused-ring (bicyclic) bond motifs is 1. The van der Waals surface area contributed by atoms with Crippen LogP contribution < -0.4 is 4.90 Å². The minimum Gasteiger partial charge on any atom is -0.462 e. The van der Waals surface area contributed by atoms with Gasteiger partial charge in [-0.3, -0.25) is 0 Å². The molecule has 2 aliphatic heterocycles. The van der Waals surface area contributed by atoms with Gasteiger partial charge in [0.15, 0.2) is 0 Å². The fraction of sp³-hybridized carbons (Fsp3) is 0.600. The number of aromatic nitrogens is 4. The second kappa shape index (κ2) is 8.06. The summed E-state index contributed by atoms with van der Waals surface area (Å²) < 4.78 is 7.39. The number of piperidine rings is 1. The fourth-order valence-electron chi connectivity index (χ4n) is 4.11. The summed E-state index contributed by atoms with van der Waals surface area (Å²) in [7, 11) is 0. The average molecular weight is 369 g/mol. The van der Waals surface area contributed by atoms with E-state index in [2.05, 4.69) is 24.6 Å². The van der Waals surface area contributed by atoms with Crippen molar-refractivity contribution in [3.63, 3.8) is 0 Å². The summed E-state index contributed by atoms with van der Waals surface area (Å²) in [6.45, 7) is 5.09. The molecule has 1 fully saturated rings. The van der Waals surface area contributed by atoms with Gasteiger partial charge in [-0.1, -0.05) is 6.42 Å². The topological polar surface area (TPSA) is 73.1 Å². The molecule has 2 aliphatic rings. The third-order valence-corrected chi connectivity index (χ3v) is 5.51. The van der Waals surface area contributed by atoms with E-state index in [4.69, 9.17) is 4.74 Å². The van der Waals surface area contributed by atoms with E-state index in [1.807, 2.05) is 6.07 Å². The third kappa shape index (κ3) is 3.82. The van der Waals surface area contributed by atoms with Crippen molar-refractivity contribution in [3.8, 4) is 0 Å². The lowest BCUT2D eigenvalue weighted by Crippen LogP contribution is -2.36. The molecule has 144 valence electrons. The van der Waals surface area contributed by atoms with Crippen LogP contribution in [0.25, 0.3) is 0 Å². The summed E-state index contributed by atoms with van der Waals surface area (Å²) in [6, 6.07) is 3.71. The lowest BCUT2D eigenvalue weighted by Gasteiger charge is -2.33. The predicted octanol–water partition coefficient (Wildman–Crippen LogP) is 2.96. The van der Waals surface area contributed by atoms with E-state index in [0.717, 1.165) is 56.4 Å². The number of rotatable bonds is 4. The SMILES string of the molecule is CCOC(=O)c1ccc(N2CCCC(c3nnc4n3CCCCC4)C2)nc1. The lowest BCUT2D eigenvalue weighted by atomic mass is 9.97. The molecule has 0 aromatic carbocycles. The second-order valence-electron chi connectivity index (χ2n) is 7.35. The van der Waals surface area contributed by atoms with Crippen LogP contribution in [0.15, 0.2) is 18.3 Å². The van der Waals surface area contributed by atoms with Crippen molar-refractivity contribution in [1.82, 2.24) is 19.7 Å². The monoisotopic (exact) mass is 369 g/mol. The fourth-order valence-corrected chi connectivity index (χ4v) is 4.11. The van der Waals surface area contributed by atoms with Crippen LogP contribution >= 0.6 is 0 Å². The number of esters is 1. The maximum absolute atomic E-state index is 11.8. The molecule has 2 aromatic rings. The van der Waals surface area contributed by atoms with E-state index >= 15 is 0 Å². The Balaban J connectivity index is 1.49. The van der Waals surface area contributed by atoms with Crippen LogP contribution in [-0.2, 0) is 17.7 Å². The number of hydrogen-bond acceptors (Lipinski definition) is 6. The molecular formula is C20H27N5O2. The van der Waals surface area contributed by atoms with Crippen molar-refractivity contribution < 1.29 is 9.53 Å². The van der Waals surface area contributed by atoms with E-state index < -0.39 is 0 Å². The molecule has 2 aromatic heterocycles. The maximum Gasteiger partial charge on any atom is 0.339 e. The van der Waals surface area contributed by atoms with Gasteiger partial charge < -0.3 is 14.2 Å². The average Bonchev–Trinajstić information content (AvgIpc) is 2.97. The number of carbonyl (C=O) groups excluding carboxylic acids is 1. The summed E-state index contributed by atoms with van der Waals surface area (Å²) in [5, 5.41) is 9.02. The van der Waals surface area contributed by atoms with Crippen molar-refractivity contribution in [1.29, 1.82) is 0 Å². The van der Waals surface area contributed by atoms with Crippen molar-refractivity contribution in [2.24, 2.45) is 0 Å². The van der Waals surface area contributed by atoms with Crippen molar-refractivity contribution in [2.75, 3.05) is 24.6 Å². The van der Waals surface area contributed by atoms with Gasteiger partial charge in [-0.25, -0.2) is 9.78 Å². The molecule has 7 nitrogen and oxygen atoms in total. The molecule has 4 heterocycles. The van der Waals surface area contributed by atoms with Crippen LogP contribution in [0.4, 0.5) is 5.82 Å². The van der Waals surface area contributed by atoms with Crippen molar-refractivity contribution >= 4 is 11.8 Å². The zero-order valence-electron chi connectivity index (χ0n) is 15.9. The van der Waals surface area contributed by atoms with Crippen LogP contribution in [0.2, 0.25) is 0 Å². The number of hydrogen-bond donors (Lipinski definition) is 0. The molecule has 0 N–H and O–H groups in total. The van der Waals surface area contributed by atoms with Gasteiger partial charge in [0.1, 0.15) is 17.5 Å². The molecule has 4 rings (SSSR count). The molecule has 1 atom stereocenters. The summed E-state index contributed by atoms with van der Waals surface area (Å²) >= 11 is 0. The third-order valence-electron chi connectivity index (χ3n) is 5.51. The minimum absolute atomic E-state index is 0.320. The highest BCUT2D eigenvalue weighted by Crippen LogP contribution is 2.30. The number of anilines is 1. The quantitative estimate of drug-likeness (QED) is 0.772. The number of nitrogens with zero attached hydrogens (tertiary/aromatic N) is 5. The van der Waals surface area contributed by atoms with E-state index in [-0.39, 0.29) is 5.97 Å². The first-order chi connectivity index (χ1) is 13.3. The summed E-state index contributed by atoms with van der Waals surface area (Å²) in [4.78, 5) is 18.6. The molecule has 0 amide bonds. The first-order valence-corrected chi connectivity index (χ1v) is 10.1. The van der Waals surface area contributed by atoms with Crippen LogP contribution in [0.5, 0.6) is 0 Å². The molecule has 0 radical (unpaired) electrons. The Labute approximate surface area is 159 Å². The zero-order chi connectivity index (χ0) is 18.6. The number of pyridine rings is 1. The minimum atomic E-state index is -0.320. The van der Waals surface area contributed by atoms with E-state index in [1.165, 1.54) is 19.3 Å². The van der Waals surface area contributed by atoms with Crippen LogP contribution in [0, 0.1) is 0 Å². The Kier molecular flexibility index (Phi) is 5.36. The Morgan fingerprint density at radius 1 is 1.19 bits per heavy atom. The van der Waals surface area contributed by atoms with Crippen LogP contribution in [-0.4, -0.2) is 45.4 Å². The Hall–Kier alpha value is -2.44. The van der Waals surface area contributed by atoms with Crippen molar-refractivity contribution in [2.45, 2.75) is 57.9 Å². The molecule has 0 bridgehead atoms. The number of carbonyl (C=O) groups is 1. The number of ether oxygens (including phenoxy) is 1. The number of aryl methyl sites for hydroxylation is 1. The van der Waals surface area contributed by atoms with Gasteiger partial charge in [0.05, 0.1) is 12.2 Å². The van der Waals surface area contributed by atoms with Gasteiger partial charge in [0.2, 0.25) is 0 Å². The summed E-state index contributed by atoms with van der Waals surface area (Å²) in [6.07, 6.45) is 8.59. The molecule has 0 aliphatic carbocycles. The van der Waals surface area contributed by atoms with E-state index in [1.54, 1.807) is 19.2 Å². The van der Waals surface area contributed by atoms with Crippen LogP contribution in [0.1, 0.15) is 67.0 Å². The van der Waals surface area contributed by atoms with Gasteiger partial charge in [0, 0.05) is 38.2 Å². The summed E-state index contributed by atoms with van der Waals surface area (Å²) in [5.41, 5.74) is 0.497. The molecule has 1 unspecified atom stereocenters. The highest BCUT2D eigenvalue weighted by atomic mass is 16.5. The Bertz CT molecular complexity index is 786. The second-order valence-corrected chi connectivity index (χ2v) is 7.35. The van der Waals surface area contributed by atoms with Gasteiger partial charge in [-0.15, -0.1) is 10.2 Å². The molecule has 0 spiro atoms. The molecular weight excluding hydrogens is 342 g/mol. The van der Waals surface area contributed by atoms with E-state index in [0.29, 0.717) is 18.1 Å². The highest BCUT2D eigenvalue weighted by Gasteiger charge is 2.28. The normalized spacial score (nSPS) is 20.0. The largest absolute Gasteiger partial charge is 0.462 e. The Morgan fingerprint density at radius 3 is 2.93 bits per heavy atom. The Morgan fingerprint density at radius 2 is 2.11 bits per heavy atom. The predicted molar refractivity (Wildman–Crippen MR) is 102 cm³/mol. The van der Waals surface area contributed by atoms with Crippen molar-refractivity contribution in [3.05, 3.63) is 35.5 Å². The molecule has 27 heavy (non-hydrogen) atoms. The molecule has 0 saturated carbocycles. The first-order valence-electron chi connectivity index (χ1n) is 10.1. The van der Waals surface area contributed by atoms with Gasteiger partial charge >= 0.3 is 5.97 Å². The van der Waals surface area contributed by atoms with Gasteiger partial charge in [-0.05, 0) is 44.7 Å². The maximum atomic E-state index is 11.8. The summed E-state index contributed by atoms with van der Waals surface area (Å²) in [5.74, 6) is 3.25. The van der Waals surface area contributed by atoms with E-state index in [9.17, 15) is 4.79 Å². The van der Waals surface area contributed by atoms with Gasteiger partial charge in [-0.2, -0.15) is 0 Å². The van der Waals surface area contributed by atoms with Gasteiger partial charge in [0.25, 0.3) is 0 Å².